The van der Waals surface area contributed by atoms with Crippen molar-refractivity contribution in [2.45, 2.75) is 18.9 Å². The summed E-state index contributed by atoms with van der Waals surface area (Å²) >= 11 is 0. The molecule has 2 amide bonds. The fraction of sp³-hybridized carbons (Fsp3) is 0.333. The topological polar surface area (TPSA) is 77.1 Å². The summed E-state index contributed by atoms with van der Waals surface area (Å²) < 4.78 is 15.7. The second kappa shape index (κ2) is 8.65. The smallest absolute Gasteiger partial charge is 0.229 e. The summed E-state index contributed by atoms with van der Waals surface area (Å²) in [5.74, 6) is 1.71. The number of nitrogens with zero attached hydrogens (tertiary/aromatic N) is 1. The number of ether oxygens (including phenoxy) is 3. The minimum absolute atomic E-state index is 0.0235. The van der Waals surface area contributed by atoms with E-state index in [4.69, 9.17) is 14.2 Å². The van der Waals surface area contributed by atoms with Gasteiger partial charge in [0.25, 0.3) is 0 Å². The highest BCUT2D eigenvalue weighted by Gasteiger charge is 2.31. The highest BCUT2D eigenvalue weighted by molar-refractivity contribution is 5.97. The third kappa shape index (κ3) is 4.36. The number of carbonyl (C=O) groups is 2. The average molecular weight is 384 g/mol. The van der Waals surface area contributed by atoms with E-state index in [-0.39, 0.29) is 30.7 Å². The van der Waals surface area contributed by atoms with E-state index in [1.54, 1.807) is 38.4 Å². The Hall–Kier alpha value is -3.22. The first-order chi connectivity index (χ1) is 13.5. The summed E-state index contributed by atoms with van der Waals surface area (Å²) in [5, 5.41) is 2.95. The Labute approximate surface area is 164 Å². The van der Waals surface area contributed by atoms with Gasteiger partial charge in [-0.05, 0) is 29.8 Å². The van der Waals surface area contributed by atoms with Gasteiger partial charge in [-0.25, -0.2) is 0 Å². The fourth-order valence-corrected chi connectivity index (χ4v) is 3.29. The number of methoxy groups -OCH3 is 3. The monoisotopic (exact) mass is 384 g/mol. The molecule has 1 N–H and O–H groups in total. The van der Waals surface area contributed by atoms with Gasteiger partial charge in [0.15, 0.2) is 11.5 Å². The van der Waals surface area contributed by atoms with Gasteiger partial charge in [0.05, 0.1) is 33.8 Å². The van der Waals surface area contributed by atoms with Crippen molar-refractivity contribution >= 4 is 17.5 Å². The lowest BCUT2D eigenvalue weighted by molar-refractivity contribution is -0.121. The zero-order valence-corrected chi connectivity index (χ0v) is 16.2. The largest absolute Gasteiger partial charge is 0.497 e. The third-order valence-corrected chi connectivity index (χ3v) is 4.67. The standard InChI is InChI=1S/C21H24N2O5/c1-26-17-6-4-5-16(12-17)23-13-15(11-21(23)25)22-20(24)10-14-7-8-18(27-2)19(9-14)28-3/h4-9,12,15H,10-11,13H2,1-3H3,(H,22,24). The minimum Gasteiger partial charge on any atom is -0.497 e. The molecule has 28 heavy (non-hydrogen) atoms. The van der Waals surface area contributed by atoms with Gasteiger partial charge in [-0.15, -0.1) is 0 Å². The molecule has 0 bridgehead atoms. The predicted molar refractivity (Wildman–Crippen MR) is 105 cm³/mol. The van der Waals surface area contributed by atoms with Gasteiger partial charge in [-0.3, -0.25) is 9.59 Å². The second-order valence-electron chi connectivity index (χ2n) is 6.54. The Balaban J connectivity index is 1.61. The van der Waals surface area contributed by atoms with E-state index in [9.17, 15) is 9.59 Å². The van der Waals surface area contributed by atoms with Crippen molar-refractivity contribution in [2.24, 2.45) is 0 Å². The maximum absolute atomic E-state index is 12.4. The van der Waals surface area contributed by atoms with Crippen LogP contribution >= 0.6 is 0 Å². The molecule has 2 aromatic carbocycles. The van der Waals surface area contributed by atoms with Crippen molar-refractivity contribution in [3.05, 3.63) is 48.0 Å². The van der Waals surface area contributed by atoms with Gasteiger partial charge in [0.1, 0.15) is 5.75 Å². The van der Waals surface area contributed by atoms with Crippen LogP contribution in [0.3, 0.4) is 0 Å². The first-order valence-corrected chi connectivity index (χ1v) is 8.98. The molecule has 1 aliphatic rings. The predicted octanol–water partition coefficient (Wildman–Crippen LogP) is 2.18. The molecule has 0 saturated carbocycles. The van der Waals surface area contributed by atoms with Crippen molar-refractivity contribution in [1.82, 2.24) is 5.32 Å². The number of carbonyl (C=O) groups excluding carboxylic acids is 2. The number of benzene rings is 2. The van der Waals surface area contributed by atoms with Crippen LogP contribution in [0.25, 0.3) is 0 Å². The second-order valence-corrected chi connectivity index (χ2v) is 6.54. The Morgan fingerprint density at radius 2 is 1.86 bits per heavy atom. The summed E-state index contributed by atoms with van der Waals surface area (Å²) in [5.41, 5.74) is 1.57. The van der Waals surface area contributed by atoms with E-state index < -0.39 is 0 Å². The normalized spacial score (nSPS) is 16.0. The molecule has 1 fully saturated rings. The van der Waals surface area contributed by atoms with Crippen LogP contribution < -0.4 is 24.4 Å². The van der Waals surface area contributed by atoms with Crippen LogP contribution in [0.4, 0.5) is 5.69 Å². The number of hydrogen-bond acceptors (Lipinski definition) is 5. The van der Waals surface area contributed by atoms with Crippen LogP contribution in [-0.2, 0) is 16.0 Å². The molecule has 0 aromatic heterocycles. The van der Waals surface area contributed by atoms with E-state index >= 15 is 0 Å². The van der Waals surface area contributed by atoms with Crippen molar-refractivity contribution in [3.63, 3.8) is 0 Å². The highest BCUT2D eigenvalue weighted by Crippen LogP contribution is 2.28. The molecule has 7 heteroatoms. The van der Waals surface area contributed by atoms with Gasteiger partial charge in [-0.1, -0.05) is 12.1 Å². The lowest BCUT2D eigenvalue weighted by atomic mass is 10.1. The molecule has 1 saturated heterocycles. The molecule has 1 aliphatic heterocycles. The maximum Gasteiger partial charge on any atom is 0.229 e. The maximum atomic E-state index is 12.4. The van der Waals surface area contributed by atoms with Crippen LogP contribution in [0.1, 0.15) is 12.0 Å². The Bertz CT molecular complexity index is 868. The molecule has 0 radical (unpaired) electrons. The Morgan fingerprint density at radius 3 is 2.57 bits per heavy atom. The molecular weight excluding hydrogens is 360 g/mol. The van der Waals surface area contributed by atoms with E-state index in [0.29, 0.717) is 23.8 Å². The molecule has 0 spiro atoms. The number of rotatable bonds is 7. The van der Waals surface area contributed by atoms with E-state index in [0.717, 1.165) is 11.3 Å². The average Bonchev–Trinajstić information content (AvgIpc) is 3.07. The lowest BCUT2D eigenvalue weighted by Gasteiger charge is -2.18. The van der Waals surface area contributed by atoms with E-state index in [2.05, 4.69) is 5.32 Å². The first-order valence-electron chi connectivity index (χ1n) is 8.98. The van der Waals surface area contributed by atoms with Gasteiger partial charge >= 0.3 is 0 Å². The zero-order valence-electron chi connectivity index (χ0n) is 16.2. The van der Waals surface area contributed by atoms with E-state index in [1.165, 1.54) is 0 Å². The minimum atomic E-state index is -0.230. The zero-order chi connectivity index (χ0) is 20.1. The van der Waals surface area contributed by atoms with Gasteiger partial charge < -0.3 is 24.4 Å². The van der Waals surface area contributed by atoms with Crippen LogP contribution in [-0.4, -0.2) is 45.7 Å². The van der Waals surface area contributed by atoms with Crippen LogP contribution in [0.5, 0.6) is 17.2 Å². The Morgan fingerprint density at radius 1 is 1.07 bits per heavy atom. The molecule has 0 aliphatic carbocycles. The molecular formula is C21H24N2O5. The molecule has 1 heterocycles. The van der Waals surface area contributed by atoms with Crippen LogP contribution in [0.2, 0.25) is 0 Å². The molecule has 1 atom stereocenters. The van der Waals surface area contributed by atoms with Gasteiger partial charge in [-0.2, -0.15) is 0 Å². The van der Waals surface area contributed by atoms with Crippen molar-refractivity contribution in [1.29, 1.82) is 0 Å². The quantitative estimate of drug-likeness (QED) is 0.792. The van der Waals surface area contributed by atoms with Crippen molar-refractivity contribution in [2.75, 3.05) is 32.8 Å². The summed E-state index contributed by atoms with van der Waals surface area (Å²) in [6.45, 7) is 0.434. The number of hydrogen-bond donors (Lipinski definition) is 1. The molecule has 2 aromatic rings. The molecule has 7 nitrogen and oxygen atoms in total. The highest BCUT2D eigenvalue weighted by atomic mass is 16.5. The number of anilines is 1. The van der Waals surface area contributed by atoms with Crippen LogP contribution in [0, 0.1) is 0 Å². The van der Waals surface area contributed by atoms with Crippen molar-refractivity contribution < 1.29 is 23.8 Å². The lowest BCUT2D eigenvalue weighted by Crippen LogP contribution is -2.38. The van der Waals surface area contributed by atoms with Gasteiger partial charge in [0, 0.05) is 24.7 Å². The van der Waals surface area contributed by atoms with E-state index in [1.807, 2.05) is 30.3 Å². The summed E-state index contributed by atoms with van der Waals surface area (Å²) in [7, 11) is 4.70. The fourth-order valence-electron chi connectivity index (χ4n) is 3.29. The Kier molecular flexibility index (Phi) is 6.03. The molecule has 148 valence electrons. The van der Waals surface area contributed by atoms with Crippen LogP contribution in [0.15, 0.2) is 42.5 Å². The molecule has 3 rings (SSSR count). The summed E-state index contributed by atoms with van der Waals surface area (Å²) in [6.07, 6.45) is 0.471. The number of amides is 2. The molecule has 1 unspecified atom stereocenters. The van der Waals surface area contributed by atoms with Crippen molar-refractivity contribution in [3.8, 4) is 17.2 Å². The number of nitrogens with one attached hydrogen (secondary N) is 1. The van der Waals surface area contributed by atoms with Gasteiger partial charge in [0.2, 0.25) is 11.8 Å². The summed E-state index contributed by atoms with van der Waals surface area (Å²) in [4.78, 5) is 26.5. The summed E-state index contributed by atoms with van der Waals surface area (Å²) in [6, 6.07) is 12.5. The first kappa shape index (κ1) is 19.5. The SMILES string of the molecule is COc1cccc(N2CC(NC(=O)Cc3ccc(OC)c(OC)c3)CC2=O)c1. The third-order valence-electron chi connectivity index (χ3n) is 4.67.